The van der Waals surface area contributed by atoms with E-state index in [1.807, 2.05) is 50.2 Å². The third kappa shape index (κ3) is 4.44. The van der Waals surface area contributed by atoms with Gasteiger partial charge in [0.1, 0.15) is 12.4 Å². The molecule has 0 saturated carbocycles. The first-order valence-corrected chi connectivity index (χ1v) is 9.48. The molecule has 2 aromatic rings. The maximum absolute atomic E-state index is 13.0. The van der Waals surface area contributed by atoms with Crippen LogP contribution in [0, 0.1) is 11.3 Å². The van der Waals surface area contributed by atoms with Crippen LogP contribution < -0.4 is 20.3 Å². The zero-order valence-corrected chi connectivity index (χ0v) is 16.8. The van der Waals surface area contributed by atoms with E-state index in [0.717, 1.165) is 5.69 Å². The van der Waals surface area contributed by atoms with E-state index < -0.39 is 5.41 Å². The second kappa shape index (κ2) is 7.92. The topological polar surface area (TPSA) is 70.7 Å². The van der Waals surface area contributed by atoms with Gasteiger partial charge >= 0.3 is 6.03 Å². The van der Waals surface area contributed by atoms with Gasteiger partial charge in [0.2, 0.25) is 5.91 Å². The van der Waals surface area contributed by atoms with Crippen molar-refractivity contribution in [1.29, 1.82) is 0 Å². The van der Waals surface area contributed by atoms with Crippen LogP contribution in [0.3, 0.4) is 0 Å². The maximum Gasteiger partial charge on any atom is 0.323 e. The average molecular weight is 381 g/mol. The molecule has 0 unspecified atom stereocenters. The second-order valence-electron chi connectivity index (χ2n) is 8.11. The molecule has 0 radical (unpaired) electrons. The first-order valence-electron chi connectivity index (χ1n) is 9.48. The van der Waals surface area contributed by atoms with Gasteiger partial charge in [0.25, 0.3) is 0 Å². The average Bonchev–Trinajstić information content (AvgIpc) is 2.72. The van der Waals surface area contributed by atoms with Crippen LogP contribution in [0.15, 0.2) is 48.5 Å². The number of hydrogen-bond donors (Lipinski definition) is 2. The Morgan fingerprint density at radius 2 is 1.79 bits per heavy atom. The largest absolute Gasteiger partial charge is 0.490 e. The number of hydrogen-bond acceptors (Lipinski definition) is 3. The van der Waals surface area contributed by atoms with E-state index in [0.29, 0.717) is 29.6 Å². The Labute approximate surface area is 165 Å². The number of ether oxygens (including phenoxy) is 1. The Morgan fingerprint density at radius 1 is 1.11 bits per heavy atom. The number of urea groups is 1. The predicted octanol–water partition coefficient (Wildman–Crippen LogP) is 4.74. The molecule has 148 valence electrons. The zero-order valence-electron chi connectivity index (χ0n) is 16.8. The van der Waals surface area contributed by atoms with Crippen LogP contribution in [-0.2, 0) is 4.79 Å². The molecule has 0 bridgehead atoms. The Hall–Kier alpha value is -3.02. The molecule has 0 aromatic heterocycles. The molecule has 0 fully saturated rings. The van der Waals surface area contributed by atoms with Gasteiger partial charge in [0.15, 0.2) is 0 Å². The molecule has 3 rings (SSSR count). The number of fused-ring (bicyclic) bond motifs is 1. The minimum atomic E-state index is -0.619. The van der Waals surface area contributed by atoms with E-state index in [-0.39, 0.29) is 18.5 Å². The summed E-state index contributed by atoms with van der Waals surface area (Å²) in [4.78, 5) is 27.0. The van der Waals surface area contributed by atoms with Crippen molar-refractivity contribution in [2.45, 2.75) is 27.7 Å². The minimum absolute atomic E-state index is 0.0440. The summed E-state index contributed by atoms with van der Waals surface area (Å²) in [6.07, 6.45) is 0. The summed E-state index contributed by atoms with van der Waals surface area (Å²) in [5.74, 6) is 0.958. The molecule has 0 spiro atoms. The lowest BCUT2D eigenvalue weighted by molar-refractivity contribution is -0.127. The van der Waals surface area contributed by atoms with Crippen LogP contribution in [0.1, 0.15) is 27.7 Å². The van der Waals surface area contributed by atoms with Crippen LogP contribution in [-0.4, -0.2) is 25.1 Å². The van der Waals surface area contributed by atoms with E-state index in [1.54, 1.807) is 17.0 Å². The van der Waals surface area contributed by atoms with Crippen molar-refractivity contribution in [3.05, 3.63) is 48.5 Å². The van der Waals surface area contributed by atoms with Crippen molar-refractivity contribution in [3.63, 3.8) is 0 Å². The normalized spacial score (nSPS) is 15.5. The summed E-state index contributed by atoms with van der Waals surface area (Å²) in [7, 11) is 0. The molecular formula is C22H27N3O3. The first-order chi connectivity index (χ1) is 13.3. The van der Waals surface area contributed by atoms with Gasteiger partial charge in [0.05, 0.1) is 11.1 Å². The lowest BCUT2D eigenvalue weighted by atomic mass is 9.92. The molecule has 0 aliphatic carbocycles. The smallest absolute Gasteiger partial charge is 0.323 e. The van der Waals surface area contributed by atoms with Crippen LogP contribution in [0.4, 0.5) is 21.9 Å². The molecule has 3 amide bonds. The number of carbonyl (C=O) groups excluding carboxylic acids is 2. The van der Waals surface area contributed by atoms with E-state index in [9.17, 15) is 9.59 Å². The fourth-order valence-corrected chi connectivity index (χ4v) is 3.09. The highest BCUT2D eigenvalue weighted by molar-refractivity contribution is 6.02. The quantitative estimate of drug-likeness (QED) is 0.804. The molecule has 6 nitrogen and oxygen atoms in total. The number of benzene rings is 2. The van der Waals surface area contributed by atoms with Gasteiger partial charge < -0.3 is 20.3 Å². The number of para-hydroxylation sites is 1. The molecule has 1 aliphatic heterocycles. The van der Waals surface area contributed by atoms with E-state index >= 15 is 0 Å². The van der Waals surface area contributed by atoms with E-state index in [1.165, 1.54) is 0 Å². The highest BCUT2D eigenvalue weighted by atomic mass is 16.5. The summed E-state index contributed by atoms with van der Waals surface area (Å²) in [5, 5.41) is 5.60. The summed E-state index contributed by atoms with van der Waals surface area (Å²) < 4.78 is 5.95. The molecule has 2 aromatic carbocycles. The van der Waals surface area contributed by atoms with Crippen molar-refractivity contribution in [2.24, 2.45) is 11.3 Å². The molecule has 0 saturated heterocycles. The molecule has 1 aliphatic rings. The fourth-order valence-electron chi connectivity index (χ4n) is 3.09. The van der Waals surface area contributed by atoms with Gasteiger partial charge in [-0.15, -0.1) is 0 Å². The molecule has 2 N–H and O–H groups in total. The van der Waals surface area contributed by atoms with Crippen molar-refractivity contribution >= 4 is 29.0 Å². The van der Waals surface area contributed by atoms with Gasteiger partial charge in [-0.05, 0) is 44.0 Å². The molecule has 1 heterocycles. The summed E-state index contributed by atoms with van der Waals surface area (Å²) in [6.45, 7) is 8.83. The highest BCUT2D eigenvalue weighted by Gasteiger charge is 2.38. The Bertz CT molecular complexity index is 863. The Balaban J connectivity index is 1.82. The number of nitrogens with zero attached hydrogens (tertiary/aromatic N) is 1. The Kier molecular flexibility index (Phi) is 5.58. The van der Waals surface area contributed by atoms with Crippen LogP contribution in [0.25, 0.3) is 0 Å². The van der Waals surface area contributed by atoms with Gasteiger partial charge in [-0.1, -0.05) is 32.0 Å². The fraction of sp³-hybridized carbons (Fsp3) is 0.364. The van der Waals surface area contributed by atoms with Crippen LogP contribution in [0.2, 0.25) is 0 Å². The van der Waals surface area contributed by atoms with Gasteiger partial charge in [-0.3, -0.25) is 4.79 Å². The maximum atomic E-state index is 13.0. The molecular weight excluding hydrogens is 354 g/mol. The first kappa shape index (κ1) is 19.7. The van der Waals surface area contributed by atoms with E-state index in [2.05, 4.69) is 24.5 Å². The second-order valence-corrected chi connectivity index (χ2v) is 8.11. The monoisotopic (exact) mass is 381 g/mol. The van der Waals surface area contributed by atoms with Crippen molar-refractivity contribution in [2.75, 3.05) is 28.7 Å². The molecule has 28 heavy (non-hydrogen) atoms. The van der Waals surface area contributed by atoms with Crippen molar-refractivity contribution in [1.82, 2.24) is 0 Å². The summed E-state index contributed by atoms with van der Waals surface area (Å²) in [5.41, 5.74) is 1.43. The lowest BCUT2D eigenvalue weighted by Gasteiger charge is -2.29. The lowest BCUT2D eigenvalue weighted by Crippen LogP contribution is -2.43. The number of anilines is 3. The third-order valence-electron chi connectivity index (χ3n) is 4.50. The van der Waals surface area contributed by atoms with Gasteiger partial charge in [-0.2, -0.15) is 0 Å². The highest BCUT2D eigenvalue weighted by Crippen LogP contribution is 2.38. The van der Waals surface area contributed by atoms with Crippen LogP contribution >= 0.6 is 0 Å². The number of carbonyl (C=O) groups is 2. The minimum Gasteiger partial charge on any atom is -0.490 e. The van der Waals surface area contributed by atoms with Crippen molar-refractivity contribution < 1.29 is 14.3 Å². The zero-order chi connectivity index (χ0) is 20.3. The van der Waals surface area contributed by atoms with Crippen LogP contribution in [0.5, 0.6) is 5.75 Å². The molecule has 6 heteroatoms. The van der Waals surface area contributed by atoms with E-state index in [4.69, 9.17) is 4.74 Å². The van der Waals surface area contributed by atoms with Gasteiger partial charge in [-0.25, -0.2) is 4.79 Å². The number of nitrogens with one attached hydrogen (secondary N) is 2. The Morgan fingerprint density at radius 3 is 2.46 bits per heavy atom. The summed E-state index contributed by atoms with van der Waals surface area (Å²) >= 11 is 0. The third-order valence-corrected chi connectivity index (χ3v) is 4.50. The van der Waals surface area contributed by atoms with Crippen molar-refractivity contribution in [3.8, 4) is 5.75 Å². The number of amides is 3. The summed E-state index contributed by atoms with van der Waals surface area (Å²) in [6, 6.07) is 14.3. The van der Waals surface area contributed by atoms with Gasteiger partial charge in [0, 0.05) is 24.0 Å². The SMILES string of the molecule is CC(C)CN1C(=O)C(C)(C)COc2cc(NC(=O)Nc3ccccc3)ccc21. The molecule has 0 atom stereocenters. The standard InChI is InChI=1S/C22H27N3O3/c1-15(2)13-25-18-11-10-17(12-19(18)28-14-22(3,4)20(25)26)24-21(27)23-16-8-6-5-7-9-16/h5-12,15H,13-14H2,1-4H3,(H2,23,24,27). The number of rotatable bonds is 4. The predicted molar refractivity (Wildman–Crippen MR) is 112 cm³/mol.